The third-order valence-corrected chi connectivity index (χ3v) is 2.23. The number of esters is 1. The molecule has 0 spiro atoms. The third kappa shape index (κ3) is 2.73. The zero-order valence-corrected chi connectivity index (χ0v) is 10.3. The van der Waals surface area contributed by atoms with E-state index in [1.807, 2.05) is 0 Å². The molecule has 20 heavy (non-hydrogen) atoms. The van der Waals surface area contributed by atoms with Crippen molar-refractivity contribution in [2.45, 2.75) is 13.1 Å². The number of aromatic nitrogens is 5. The predicted molar refractivity (Wildman–Crippen MR) is 58.0 cm³/mol. The minimum atomic E-state index is -4.60. The maximum Gasteiger partial charge on any atom is 0.433 e. The van der Waals surface area contributed by atoms with Crippen LogP contribution in [0, 0.1) is 6.92 Å². The largest absolute Gasteiger partial charge is 0.464 e. The van der Waals surface area contributed by atoms with E-state index in [-0.39, 0.29) is 17.3 Å². The highest BCUT2D eigenvalue weighted by Crippen LogP contribution is 2.28. The van der Waals surface area contributed by atoms with Crippen LogP contribution in [-0.2, 0) is 10.9 Å². The second-order valence-corrected chi connectivity index (χ2v) is 3.73. The molecule has 2 rings (SSSR count). The average molecular weight is 287 g/mol. The number of carbonyl (C=O) groups excluding carboxylic acids is 1. The number of methoxy groups -OCH3 is 1. The van der Waals surface area contributed by atoms with Crippen LogP contribution >= 0.6 is 0 Å². The molecule has 0 aliphatic rings. The van der Waals surface area contributed by atoms with Gasteiger partial charge in [0, 0.05) is 5.69 Å². The van der Waals surface area contributed by atoms with Gasteiger partial charge in [-0.1, -0.05) is 5.21 Å². The fraction of sp³-hybridized carbons (Fsp3) is 0.300. The van der Waals surface area contributed by atoms with Gasteiger partial charge >= 0.3 is 12.1 Å². The van der Waals surface area contributed by atoms with Gasteiger partial charge in [0.2, 0.25) is 0 Å². The van der Waals surface area contributed by atoms with Crippen molar-refractivity contribution >= 4 is 5.97 Å². The molecule has 0 atom stereocenters. The summed E-state index contributed by atoms with van der Waals surface area (Å²) in [6.07, 6.45) is -3.52. The number of aryl methyl sites for hydroxylation is 1. The predicted octanol–water partition coefficient (Wildman–Crippen LogP) is 1.17. The average Bonchev–Trinajstić information content (AvgIpc) is 2.85. The van der Waals surface area contributed by atoms with Gasteiger partial charge < -0.3 is 4.74 Å². The summed E-state index contributed by atoms with van der Waals surface area (Å²) >= 11 is 0. The molecule has 0 radical (unpaired) electrons. The van der Waals surface area contributed by atoms with Crippen molar-refractivity contribution in [2.75, 3.05) is 7.11 Å². The Labute approximate surface area is 110 Å². The molecule has 0 aliphatic carbocycles. The van der Waals surface area contributed by atoms with E-state index >= 15 is 0 Å². The van der Waals surface area contributed by atoms with Crippen LogP contribution in [0.15, 0.2) is 12.3 Å². The van der Waals surface area contributed by atoms with Gasteiger partial charge in [0.05, 0.1) is 13.3 Å². The lowest BCUT2D eigenvalue weighted by atomic mass is 10.3. The molecule has 0 bridgehead atoms. The van der Waals surface area contributed by atoms with Crippen molar-refractivity contribution in [2.24, 2.45) is 0 Å². The SMILES string of the molecule is COC(=O)c1cn(-c2nc(C)cc(C(F)(F)F)n2)nn1. The monoisotopic (exact) mass is 287 g/mol. The summed E-state index contributed by atoms with van der Waals surface area (Å²) in [5.41, 5.74) is -1.15. The van der Waals surface area contributed by atoms with Crippen LogP contribution in [0.3, 0.4) is 0 Å². The summed E-state index contributed by atoms with van der Waals surface area (Å²) < 4.78 is 43.2. The number of rotatable bonds is 2. The Kier molecular flexibility index (Phi) is 3.38. The second kappa shape index (κ2) is 4.87. The molecular weight excluding hydrogens is 279 g/mol. The van der Waals surface area contributed by atoms with Crippen LogP contribution in [0.1, 0.15) is 21.9 Å². The molecule has 2 aromatic heterocycles. The van der Waals surface area contributed by atoms with Crippen molar-refractivity contribution < 1.29 is 22.7 Å². The molecule has 0 aliphatic heterocycles. The third-order valence-electron chi connectivity index (χ3n) is 2.23. The maximum atomic E-state index is 12.6. The Hall–Kier alpha value is -2.52. The van der Waals surface area contributed by atoms with Crippen molar-refractivity contribution in [3.8, 4) is 5.95 Å². The highest BCUT2D eigenvalue weighted by Gasteiger charge is 2.33. The topological polar surface area (TPSA) is 82.8 Å². The van der Waals surface area contributed by atoms with Crippen molar-refractivity contribution in [3.05, 3.63) is 29.3 Å². The summed E-state index contributed by atoms with van der Waals surface area (Å²) in [6, 6.07) is 0.807. The highest BCUT2D eigenvalue weighted by atomic mass is 19.4. The Morgan fingerprint density at radius 1 is 1.35 bits per heavy atom. The smallest absolute Gasteiger partial charge is 0.433 e. The van der Waals surface area contributed by atoms with Gasteiger partial charge in [-0.05, 0) is 13.0 Å². The van der Waals surface area contributed by atoms with E-state index in [2.05, 4.69) is 25.0 Å². The zero-order chi connectivity index (χ0) is 14.9. The molecule has 106 valence electrons. The van der Waals surface area contributed by atoms with Gasteiger partial charge in [-0.15, -0.1) is 5.10 Å². The van der Waals surface area contributed by atoms with Crippen LogP contribution in [0.4, 0.5) is 13.2 Å². The quantitative estimate of drug-likeness (QED) is 0.771. The molecule has 0 amide bonds. The zero-order valence-electron chi connectivity index (χ0n) is 10.3. The number of halogens is 3. The molecule has 2 heterocycles. The van der Waals surface area contributed by atoms with Gasteiger partial charge in [0.15, 0.2) is 5.69 Å². The summed E-state index contributed by atoms with van der Waals surface area (Å²) in [7, 11) is 1.15. The molecule has 0 fully saturated rings. The number of ether oxygens (including phenoxy) is 1. The van der Waals surface area contributed by atoms with E-state index in [0.29, 0.717) is 0 Å². The molecule has 7 nitrogen and oxygen atoms in total. The van der Waals surface area contributed by atoms with Gasteiger partial charge in [-0.2, -0.15) is 17.9 Å². The molecular formula is C10H8F3N5O2. The lowest BCUT2D eigenvalue weighted by Crippen LogP contribution is -2.13. The van der Waals surface area contributed by atoms with Crippen LogP contribution < -0.4 is 0 Å². The van der Waals surface area contributed by atoms with E-state index in [9.17, 15) is 18.0 Å². The fourth-order valence-electron chi connectivity index (χ4n) is 1.36. The molecule has 0 saturated carbocycles. The van der Waals surface area contributed by atoms with Gasteiger partial charge in [-0.25, -0.2) is 14.8 Å². The molecule has 0 N–H and O–H groups in total. The van der Waals surface area contributed by atoms with Crippen LogP contribution in [0.5, 0.6) is 0 Å². The first-order valence-corrected chi connectivity index (χ1v) is 5.25. The minimum Gasteiger partial charge on any atom is -0.464 e. The van der Waals surface area contributed by atoms with Gasteiger partial charge in [0.1, 0.15) is 5.69 Å². The van der Waals surface area contributed by atoms with Crippen molar-refractivity contribution in [3.63, 3.8) is 0 Å². The number of alkyl halides is 3. The number of carbonyl (C=O) groups is 1. The van der Waals surface area contributed by atoms with E-state index in [0.717, 1.165) is 24.1 Å². The second-order valence-electron chi connectivity index (χ2n) is 3.73. The van der Waals surface area contributed by atoms with Gasteiger partial charge in [0.25, 0.3) is 5.95 Å². The Morgan fingerprint density at radius 3 is 2.65 bits per heavy atom. The first-order valence-electron chi connectivity index (χ1n) is 5.25. The van der Waals surface area contributed by atoms with E-state index in [1.165, 1.54) is 6.92 Å². The number of hydrogen-bond acceptors (Lipinski definition) is 6. The number of hydrogen-bond donors (Lipinski definition) is 0. The lowest BCUT2D eigenvalue weighted by Gasteiger charge is -2.07. The fourth-order valence-corrected chi connectivity index (χ4v) is 1.36. The van der Waals surface area contributed by atoms with Crippen LogP contribution in [-0.4, -0.2) is 38.0 Å². The summed E-state index contributed by atoms with van der Waals surface area (Å²) in [4.78, 5) is 18.4. The number of nitrogens with zero attached hydrogens (tertiary/aromatic N) is 5. The molecule has 2 aromatic rings. The Bertz CT molecular complexity index is 653. The molecule has 10 heteroatoms. The highest BCUT2D eigenvalue weighted by molar-refractivity contribution is 5.86. The first-order chi connectivity index (χ1) is 9.31. The van der Waals surface area contributed by atoms with E-state index in [4.69, 9.17) is 0 Å². The van der Waals surface area contributed by atoms with E-state index in [1.54, 1.807) is 0 Å². The molecule has 0 aromatic carbocycles. The lowest BCUT2D eigenvalue weighted by molar-refractivity contribution is -0.141. The van der Waals surface area contributed by atoms with Gasteiger partial charge in [-0.3, -0.25) is 0 Å². The standard InChI is InChI=1S/C10H8F3N5O2/c1-5-3-7(10(11,12)13)15-9(14-5)18-4-6(16-17-18)8(19)20-2/h3-4H,1-2H3. The van der Waals surface area contributed by atoms with Crippen molar-refractivity contribution in [1.82, 2.24) is 25.0 Å². The van der Waals surface area contributed by atoms with Crippen LogP contribution in [0.2, 0.25) is 0 Å². The summed E-state index contributed by atoms with van der Waals surface area (Å²) in [5, 5.41) is 6.96. The van der Waals surface area contributed by atoms with Crippen LogP contribution in [0.25, 0.3) is 5.95 Å². The van der Waals surface area contributed by atoms with Crippen molar-refractivity contribution in [1.29, 1.82) is 0 Å². The first kappa shape index (κ1) is 13.9. The summed E-state index contributed by atoms with van der Waals surface area (Å²) in [6.45, 7) is 1.39. The summed E-state index contributed by atoms with van der Waals surface area (Å²) in [5.74, 6) is -1.10. The molecule has 0 unspecified atom stereocenters. The minimum absolute atomic E-state index is 0.109. The molecule has 0 saturated heterocycles. The van der Waals surface area contributed by atoms with E-state index < -0.39 is 17.8 Å². The maximum absolute atomic E-state index is 12.6. The Morgan fingerprint density at radius 2 is 2.05 bits per heavy atom. The normalized spacial score (nSPS) is 11.4. The Balaban J connectivity index is 2.45.